The molecule has 0 radical (unpaired) electrons. The van der Waals surface area contributed by atoms with Crippen molar-refractivity contribution in [2.45, 2.75) is 0 Å². The van der Waals surface area contributed by atoms with Gasteiger partial charge in [-0.05, 0) is 0 Å². The van der Waals surface area contributed by atoms with E-state index in [1.807, 2.05) is 0 Å². The predicted octanol–water partition coefficient (Wildman–Crippen LogP) is -0.131. The molecule has 0 aliphatic carbocycles. The van der Waals surface area contributed by atoms with Gasteiger partial charge in [0.25, 0.3) is 0 Å². The normalized spacial score (nSPS) is 8.50. The maximum atomic E-state index is 6.67. The van der Waals surface area contributed by atoms with Gasteiger partial charge >= 0.3 is 0 Å². The Morgan fingerprint density at radius 2 is 2.00 bits per heavy atom. The summed E-state index contributed by atoms with van der Waals surface area (Å²) in [6, 6.07) is 0. The van der Waals surface area contributed by atoms with Gasteiger partial charge in [-0.1, -0.05) is 0 Å². The van der Waals surface area contributed by atoms with E-state index in [2.05, 4.69) is 15.0 Å². The second kappa shape index (κ2) is 2.11. The highest BCUT2D eigenvalue weighted by atomic mass is 15.0. The molecule has 40 valence electrons. The van der Waals surface area contributed by atoms with Gasteiger partial charge in [0, 0.05) is 0 Å². The molecule has 0 aromatic carbocycles. The van der Waals surface area contributed by atoms with Crippen LogP contribution in [0.25, 0.3) is 0 Å². The van der Waals surface area contributed by atoms with Crippen LogP contribution in [-0.4, -0.2) is 21.2 Å². The maximum Gasteiger partial charge on any atom is 0.172 e. The molecule has 1 aromatic rings. The molecule has 0 fully saturated rings. The van der Waals surface area contributed by atoms with Crippen molar-refractivity contribution in [1.82, 2.24) is 15.0 Å². The molecule has 4 nitrogen and oxygen atoms in total. The van der Waals surface area contributed by atoms with Gasteiger partial charge in [0.15, 0.2) is 5.82 Å². The van der Waals surface area contributed by atoms with E-state index in [4.69, 9.17) is 5.41 Å². The van der Waals surface area contributed by atoms with Crippen LogP contribution in [0.1, 0.15) is 5.82 Å². The van der Waals surface area contributed by atoms with Crippen molar-refractivity contribution in [2.24, 2.45) is 0 Å². The molecule has 4 heteroatoms. The first kappa shape index (κ1) is 4.83. The molecule has 0 atom stereocenters. The SMILES string of the molecule is N=Cc1ncncn1. The fourth-order valence-electron chi connectivity index (χ4n) is 0.323. The fraction of sp³-hybridized carbons (Fsp3) is 0. The van der Waals surface area contributed by atoms with E-state index in [1.165, 1.54) is 12.7 Å². The molecule has 0 unspecified atom stereocenters. The quantitative estimate of drug-likeness (QED) is 0.509. The van der Waals surface area contributed by atoms with Crippen LogP contribution >= 0.6 is 0 Å². The predicted molar refractivity (Wildman–Crippen MR) is 27.7 cm³/mol. The summed E-state index contributed by atoms with van der Waals surface area (Å²) in [6.45, 7) is 0. The summed E-state index contributed by atoms with van der Waals surface area (Å²) in [7, 11) is 0. The highest BCUT2D eigenvalue weighted by Gasteiger charge is 1.81. The minimum Gasteiger partial charge on any atom is -0.305 e. The summed E-state index contributed by atoms with van der Waals surface area (Å²) in [5, 5.41) is 6.67. The molecule has 1 aromatic heterocycles. The van der Waals surface area contributed by atoms with E-state index in [9.17, 15) is 0 Å². The minimum atomic E-state index is 0.389. The fourth-order valence-corrected chi connectivity index (χ4v) is 0.323. The maximum absolute atomic E-state index is 6.67. The van der Waals surface area contributed by atoms with Gasteiger partial charge in [0.1, 0.15) is 12.7 Å². The van der Waals surface area contributed by atoms with E-state index < -0.39 is 0 Å². The lowest BCUT2D eigenvalue weighted by Gasteiger charge is -1.81. The molecule has 8 heavy (non-hydrogen) atoms. The molecule has 1 N–H and O–H groups in total. The van der Waals surface area contributed by atoms with Gasteiger partial charge in [-0.25, -0.2) is 15.0 Å². The lowest BCUT2D eigenvalue weighted by molar-refractivity contribution is 1.03. The monoisotopic (exact) mass is 108 g/mol. The first-order valence-electron chi connectivity index (χ1n) is 2.06. The molecule has 1 heterocycles. The Hall–Kier alpha value is -1.32. The summed E-state index contributed by atoms with van der Waals surface area (Å²) in [5.74, 6) is 0.389. The van der Waals surface area contributed by atoms with Crippen molar-refractivity contribution in [3.05, 3.63) is 18.5 Å². The summed E-state index contributed by atoms with van der Waals surface area (Å²) in [5.41, 5.74) is 0. The largest absolute Gasteiger partial charge is 0.305 e. The van der Waals surface area contributed by atoms with Crippen molar-refractivity contribution in [2.75, 3.05) is 0 Å². The Kier molecular flexibility index (Phi) is 1.27. The zero-order valence-electron chi connectivity index (χ0n) is 4.07. The van der Waals surface area contributed by atoms with E-state index >= 15 is 0 Å². The Bertz CT molecular complexity index is 171. The standard InChI is InChI=1S/C4H4N4/c5-1-4-7-2-6-3-8-4/h1-3,5H. The van der Waals surface area contributed by atoms with Crippen LogP contribution in [0.2, 0.25) is 0 Å². The minimum absolute atomic E-state index is 0.389. The van der Waals surface area contributed by atoms with E-state index in [-0.39, 0.29) is 0 Å². The molecule has 0 amide bonds. The lowest BCUT2D eigenvalue weighted by atomic mass is 10.7. The van der Waals surface area contributed by atoms with Gasteiger partial charge in [-0.2, -0.15) is 0 Å². The van der Waals surface area contributed by atoms with Crippen LogP contribution in [0.5, 0.6) is 0 Å². The van der Waals surface area contributed by atoms with Crippen LogP contribution in [0.15, 0.2) is 12.7 Å². The van der Waals surface area contributed by atoms with Crippen molar-refractivity contribution in [1.29, 1.82) is 5.41 Å². The summed E-state index contributed by atoms with van der Waals surface area (Å²) in [4.78, 5) is 10.8. The molecule has 0 spiro atoms. The summed E-state index contributed by atoms with van der Waals surface area (Å²) < 4.78 is 0. The van der Waals surface area contributed by atoms with Gasteiger partial charge in [0.2, 0.25) is 0 Å². The Balaban J connectivity index is 2.99. The first-order chi connectivity index (χ1) is 3.93. The topological polar surface area (TPSA) is 62.5 Å². The zero-order chi connectivity index (χ0) is 5.82. The van der Waals surface area contributed by atoms with Crippen LogP contribution in [0, 0.1) is 5.41 Å². The third-order valence-corrected chi connectivity index (χ3v) is 0.642. The Labute approximate surface area is 46.1 Å². The molecule has 0 saturated heterocycles. The molecule has 0 aliphatic heterocycles. The molecule has 0 saturated carbocycles. The Morgan fingerprint density at radius 3 is 2.38 bits per heavy atom. The number of nitrogens with zero attached hydrogens (tertiary/aromatic N) is 3. The second-order valence-electron chi connectivity index (χ2n) is 1.14. The third-order valence-electron chi connectivity index (χ3n) is 0.642. The molecular formula is C4H4N4. The van der Waals surface area contributed by atoms with Crippen LogP contribution in [0.4, 0.5) is 0 Å². The van der Waals surface area contributed by atoms with Gasteiger partial charge in [0.05, 0.1) is 6.21 Å². The third kappa shape index (κ3) is 0.841. The average molecular weight is 108 g/mol. The average Bonchev–Trinajstić information content (AvgIpc) is 1.90. The molecule has 0 aliphatic rings. The van der Waals surface area contributed by atoms with Gasteiger partial charge in [-0.15, -0.1) is 0 Å². The molecular weight excluding hydrogens is 104 g/mol. The van der Waals surface area contributed by atoms with Crippen LogP contribution in [0.3, 0.4) is 0 Å². The highest BCUT2D eigenvalue weighted by Crippen LogP contribution is 1.73. The van der Waals surface area contributed by atoms with E-state index in [1.54, 1.807) is 0 Å². The van der Waals surface area contributed by atoms with Crippen molar-refractivity contribution >= 4 is 6.21 Å². The van der Waals surface area contributed by atoms with Crippen LogP contribution in [-0.2, 0) is 0 Å². The van der Waals surface area contributed by atoms with Gasteiger partial charge < -0.3 is 5.41 Å². The smallest absolute Gasteiger partial charge is 0.172 e. The number of hydrogen-bond acceptors (Lipinski definition) is 4. The van der Waals surface area contributed by atoms with Gasteiger partial charge in [-0.3, -0.25) is 0 Å². The molecule has 1 rings (SSSR count). The van der Waals surface area contributed by atoms with Crippen molar-refractivity contribution in [3.63, 3.8) is 0 Å². The van der Waals surface area contributed by atoms with Crippen molar-refractivity contribution in [3.8, 4) is 0 Å². The summed E-state index contributed by atoms with van der Waals surface area (Å²) in [6.07, 6.45) is 3.78. The molecule has 0 bridgehead atoms. The van der Waals surface area contributed by atoms with E-state index in [0.717, 1.165) is 6.21 Å². The summed E-state index contributed by atoms with van der Waals surface area (Å²) >= 11 is 0. The number of hydrogen-bond donors (Lipinski definition) is 1. The van der Waals surface area contributed by atoms with Crippen LogP contribution < -0.4 is 0 Å². The zero-order valence-corrected chi connectivity index (χ0v) is 4.07. The Morgan fingerprint density at radius 1 is 1.38 bits per heavy atom. The number of nitrogens with one attached hydrogen (secondary N) is 1. The first-order valence-corrected chi connectivity index (χ1v) is 2.06. The van der Waals surface area contributed by atoms with Crippen molar-refractivity contribution < 1.29 is 0 Å². The van der Waals surface area contributed by atoms with E-state index in [0.29, 0.717) is 5.82 Å². The highest BCUT2D eigenvalue weighted by molar-refractivity contribution is 5.70. The number of rotatable bonds is 1. The second-order valence-corrected chi connectivity index (χ2v) is 1.14. The number of aromatic nitrogens is 3. The lowest BCUT2D eigenvalue weighted by Crippen LogP contribution is -1.90.